The Morgan fingerprint density at radius 1 is 1.44 bits per heavy atom. The minimum Gasteiger partial charge on any atom is -0.491 e. The number of hydrogen-bond donors (Lipinski definition) is 1. The van der Waals surface area contributed by atoms with E-state index in [4.69, 9.17) is 9.84 Å². The van der Waals surface area contributed by atoms with Crippen LogP contribution in [0.25, 0.3) is 0 Å². The van der Waals surface area contributed by atoms with Gasteiger partial charge >= 0.3 is 6.36 Å². The number of pyridine rings is 1. The maximum Gasteiger partial charge on any atom is 0.573 e. The van der Waals surface area contributed by atoms with Crippen molar-refractivity contribution in [2.24, 2.45) is 0 Å². The van der Waals surface area contributed by atoms with Gasteiger partial charge in [-0.05, 0) is 6.92 Å². The summed E-state index contributed by atoms with van der Waals surface area (Å²) in [6.45, 7) is 0.857. The summed E-state index contributed by atoms with van der Waals surface area (Å²) in [5, 5.41) is 8.97. The Morgan fingerprint density at radius 2 is 2.06 bits per heavy atom. The first-order valence-corrected chi connectivity index (χ1v) is 4.28. The third-order valence-electron chi connectivity index (χ3n) is 1.91. The molecule has 0 unspecified atom stereocenters. The van der Waals surface area contributed by atoms with E-state index < -0.39 is 18.7 Å². The molecule has 4 nitrogen and oxygen atoms in total. The van der Waals surface area contributed by atoms with Crippen LogP contribution in [0.2, 0.25) is 0 Å². The lowest BCUT2D eigenvalue weighted by atomic mass is 10.2. The molecule has 0 fully saturated rings. The Morgan fingerprint density at radius 3 is 2.50 bits per heavy atom. The Kier molecular flexibility index (Phi) is 3.58. The lowest BCUT2D eigenvalue weighted by Crippen LogP contribution is -2.19. The number of hydrogen-bond acceptors (Lipinski definition) is 4. The van der Waals surface area contributed by atoms with Gasteiger partial charge in [0.25, 0.3) is 0 Å². The molecule has 1 aromatic rings. The molecule has 0 atom stereocenters. The second-order valence-electron chi connectivity index (χ2n) is 2.93. The van der Waals surface area contributed by atoms with E-state index in [1.54, 1.807) is 0 Å². The minimum absolute atomic E-state index is 0.0447. The van der Waals surface area contributed by atoms with Gasteiger partial charge in [0.05, 0.1) is 19.9 Å². The van der Waals surface area contributed by atoms with Gasteiger partial charge < -0.3 is 14.6 Å². The fourth-order valence-electron chi connectivity index (χ4n) is 1.16. The summed E-state index contributed by atoms with van der Waals surface area (Å²) in [4.78, 5) is 3.78. The predicted octanol–water partition coefficient (Wildman–Crippen LogP) is 1.79. The molecule has 0 bridgehead atoms. The van der Waals surface area contributed by atoms with Crippen molar-refractivity contribution >= 4 is 0 Å². The fraction of sp³-hybridized carbons (Fsp3) is 0.444. The first-order valence-electron chi connectivity index (χ1n) is 4.28. The molecular formula is C9H10F3NO3. The van der Waals surface area contributed by atoms with Crippen molar-refractivity contribution in [1.29, 1.82) is 0 Å². The number of nitrogens with zero attached hydrogens (tertiary/aromatic N) is 1. The second kappa shape index (κ2) is 4.56. The van der Waals surface area contributed by atoms with Crippen LogP contribution in [0.3, 0.4) is 0 Å². The molecule has 0 saturated carbocycles. The normalized spacial score (nSPS) is 11.4. The van der Waals surface area contributed by atoms with Gasteiger partial charge in [-0.3, -0.25) is 4.98 Å². The molecule has 0 aliphatic rings. The van der Waals surface area contributed by atoms with E-state index in [0.29, 0.717) is 0 Å². The number of rotatable bonds is 3. The predicted molar refractivity (Wildman–Crippen MR) is 48.1 cm³/mol. The number of aliphatic hydroxyl groups excluding tert-OH is 1. The summed E-state index contributed by atoms with van der Waals surface area (Å²) in [6, 6.07) is 0. The van der Waals surface area contributed by atoms with Gasteiger partial charge in [0.2, 0.25) is 0 Å². The van der Waals surface area contributed by atoms with E-state index in [0.717, 1.165) is 6.20 Å². The monoisotopic (exact) mass is 237 g/mol. The lowest BCUT2D eigenvalue weighted by Gasteiger charge is -2.16. The van der Waals surface area contributed by atoms with Crippen LogP contribution >= 0.6 is 0 Å². The number of ether oxygens (including phenoxy) is 2. The van der Waals surface area contributed by atoms with E-state index in [1.165, 1.54) is 14.0 Å². The summed E-state index contributed by atoms with van der Waals surface area (Å²) in [5.41, 5.74) is 0.208. The van der Waals surface area contributed by atoms with Crippen LogP contribution < -0.4 is 9.47 Å². The molecule has 0 radical (unpaired) electrons. The molecule has 0 aromatic carbocycles. The van der Waals surface area contributed by atoms with Crippen molar-refractivity contribution in [3.63, 3.8) is 0 Å². The summed E-state index contributed by atoms with van der Waals surface area (Å²) >= 11 is 0. The zero-order chi connectivity index (χ0) is 12.3. The highest BCUT2D eigenvalue weighted by Gasteiger charge is 2.34. The van der Waals surface area contributed by atoms with Crippen LogP contribution in [0.5, 0.6) is 11.5 Å². The zero-order valence-corrected chi connectivity index (χ0v) is 8.63. The highest BCUT2D eigenvalue weighted by molar-refractivity contribution is 5.46. The Labute approximate surface area is 89.6 Å². The topological polar surface area (TPSA) is 51.6 Å². The fourth-order valence-corrected chi connectivity index (χ4v) is 1.16. The first kappa shape index (κ1) is 12.6. The van der Waals surface area contributed by atoms with Crippen molar-refractivity contribution in [3.8, 4) is 11.5 Å². The Balaban J connectivity index is 3.25. The lowest BCUT2D eigenvalue weighted by molar-refractivity contribution is -0.275. The standard InChI is InChI=1S/C9H10F3NO3/c1-5-6(4-14)8(16-9(10,11)12)7(15-2)3-13-5/h3,14H,4H2,1-2H3. The Hall–Kier alpha value is -1.50. The van der Waals surface area contributed by atoms with Crippen LogP contribution in [0.15, 0.2) is 6.20 Å². The van der Waals surface area contributed by atoms with Crippen molar-refractivity contribution < 1.29 is 27.8 Å². The largest absolute Gasteiger partial charge is 0.573 e. The third kappa shape index (κ3) is 2.75. The zero-order valence-electron chi connectivity index (χ0n) is 8.63. The van der Waals surface area contributed by atoms with E-state index in [2.05, 4.69) is 9.72 Å². The maximum atomic E-state index is 12.1. The van der Waals surface area contributed by atoms with Crippen LogP contribution in [-0.2, 0) is 6.61 Å². The second-order valence-corrected chi connectivity index (χ2v) is 2.93. The van der Waals surface area contributed by atoms with Gasteiger partial charge in [-0.1, -0.05) is 0 Å². The molecule has 1 heterocycles. The van der Waals surface area contributed by atoms with E-state index in [-0.39, 0.29) is 17.0 Å². The first-order chi connectivity index (χ1) is 7.39. The molecule has 0 amide bonds. The summed E-state index contributed by atoms with van der Waals surface area (Å²) < 4.78 is 44.9. The van der Waals surface area contributed by atoms with Gasteiger partial charge in [0.15, 0.2) is 11.5 Å². The van der Waals surface area contributed by atoms with Crippen LogP contribution in [-0.4, -0.2) is 23.6 Å². The van der Waals surface area contributed by atoms with Gasteiger partial charge in [-0.15, -0.1) is 13.2 Å². The SMILES string of the molecule is COc1cnc(C)c(CO)c1OC(F)(F)F. The number of aliphatic hydroxyl groups is 1. The molecule has 0 saturated heterocycles. The number of aryl methyl sites for hydroxylation is 1. The van der Waals surface area contributed by atoms with Crippen molar-refractivity contribution in [2.45, 2.75) is 19.9 Å². The molecule has 0 aliphatic carbocycles. The van der Waals surface area contributed by atoms with Gasteiger partial charge in [0.1, 0.15) is 0 Å². The van der Waals surface area contributed by atoms with Gasteiger partial charge in [-0.2, -0.15) is 0 Å². The average Bonchev–Trinajstić information content (AvgIpc) is 2.16. The van der Waals surface area contributed by atoms with Crippen LogP contribution in [0.4, 0.5) is 13.2 Å². The van der Waals surface area contributed by atoms with E-state index >= 15 is 0 Å². The van der Waals surface area contributed by atoms with Crippen molar-refractivity contribution in [1.82, 2.24) is 4.98 Å². The van der Waals surface area contributed by atoms with Crippen LogP contribution in [0.1, 0.15) is 11.3 Å². The summed E-state index contributed by atoms with van der Waals surface area (Å²) in [5.74, 6) is -0.725. The molecule has 0 aliphatic heterocycles. The Bertz CT molecular complexity index is 379. The highest BCUT2D eigenvalue weighted by atomic mass is 19.4. The van der Waals surface area contributed by atoms with Crippen molar-refractivity contribution in [3.05, 3.63) is 17.5 Å². The number of aromatic nitrogens is 1. The highest BCUT2D eigenvalue weighted by Crippen LogP contribution is 2.36. The molecule has 16 heavy (non-hydrogen) atoms. The van der Waals surface area contributed by atoms with Gasteiger partial charge in [-0.25, -0.2) is 0 Å². The molecular weight excluding hydrogens is 227 g/mol. The third-order valence-corrected chi connectivity index (χ3v) is 1.91. The molecule has 0 spiro atoms. The summed E-state index contributed by atoms with van der Waals surface area (Å²) in [6.07, 6.45) is -3.74. The molecule has 1 aromatic heterocycles. The van der Waals surface area contributed by atoms with Gasteiger partial charge in [0, 0.05) is 11.3 Å². The molecule has 1 N–H and O–H groups in total. The minimum atomic E-state index is -4.84. The maximum absolute atomic E-state index is 12.1. The summed E-state index contributed by atoms with van der Waals surface area (Å²) in [7, 11) is 1.19. The van der Waals surface area contributed by atoms with Crippen molar-refractivity contribution in [2.75, 3.05) is 7.11 Å². The van der Waals surface area contributed by atoms with E-state index in [9.17, 15) is 13.2 Å². The molecule has 7 heteroatoms. The van der Waals surface area contributed by atoms with Crippen LogP contribution in [0, 0.1) is 6.92 Å². The number of alkyl halides is 3. The molecule has 1 rings (SSSR count). The quantitative estimate of drug-likeness (QED) is 0.870. The number of halogens is 3. The van der Waals surface area contributed by atoms with E-state index in [1.807, 2.05) is 0 Å². The molecule has 90 valence electrons. The average molecular weight is 237 g/mol. The smallest absolute Gasteiger partial charge is 0.491 e. The number of methoxy groups -OCH3 is 1.